The average molecular weight is 296 g/mol. The third-order valence-corrected chi connectivity index (χ3v) is 4.62. The molecule has 0 aromatic heterocycles. The van der Waals surface area contributed by atoms with E-state index < -0.39 is 0 Å². The molecule has 0 aromatic carbocycles. The van der Waals surface area contributed by atoms with Crippen LogP contribution in [0, 0.1) is 23.7 Å². The molecule has 0 bridgehead atoms. The van der Waals surface area contributed by atoms with Gasteiger partial charge in [0.05, 0.1) is 0 Å². The smallest absolute Gasteiger partial charge is 0.223 e. The van der Waals surface area contributed by atoms with Crippen LogP contribution in [0.3, 0.4) is 0 Å². The Balaban J connectivity index is 2.69. The molecule has 4 heteroatoms. The number of rotatable bonds is 9. The van der Waals surface area contributed by atoms with Gasteiger partial charge in [-0.2, -0.15) is 0 Å². The van der Waals surface area contributed by atoms with Crippen LogP contribution in [0.25, 0.3) is 0 Å². The van der Waals surface area contributed by atoms with Gasteiger partial charge >= 0.3 is 0 Å². The molecule has 4 nitrogen and oxygen atoms in total. The van der Waals surface area contributed by atoms with Crippen molar-refractivity contribution in [3.63, 3.8) is 0 Å². The highest BCUT2D eigenvalue weighted by molar-refractivity contribution is 5.86. The molecule has 2 atom stereocenters. The molecule has 0 saturated heterocycles. The Morgan fingerprint density at radius 2 is 1.81 bits per heavy atom. The molecule has 122 valence electrons. The minimum absolute atomic E-state index is 0.0126. The maximum atomic E-state index is 12.3. The molecule has 1 saturated carbocycles. The van der Waals surface area contributed by atoms with Gasteiger partial charge in [-0.1, -0.05) is 39.5 Å². The zero-order chi connectivity index (χ0) is 15.8. The summed E-state index contributed by atoms with van der Waals surface area (Å²) in [6, 6.07) is 0. The molecule has 3 N–H and O–H groups in total. The number of nitrogens with one attached hydrogen (secondary N) is 1. The molecule has 1 fully saturated rings. The van der Waals surface area contributed by atoms with Crippen LogP contribution in [-0.2, 0) is 9.59 Å². The predicted octanol–water partition coefficient (Wildman–Crippen LogP) is 2.86. The highest BCUT2D eigenvalue weighted by Crippen LogP contribution is 2.32. The number of carbonyl (C=O) groups excluding carboxylic acids is 2. The first-order valence-electron chi connectivity index (χ1n) is 8.52. The second kappa shape index (κ2) is 9.06. The van der Waals surface area contributed by atoms with Crippen molar-refractivity contribution >= 4 is 11.8 Å². The number of primary amides is 1. The molecular weight excluding hydrogens is 264 g/mol. The summed E-state index contributed by atoms with van der Waals surface area (Å²) < 4.78 is 0. The highest BCUT2D eigenvalue weighted by atomic mass is 16.2. The Kier molecular flexibility index (Phi) is 7.76. The van der Waals surface area contributed by atoms with Crippen LogP contribution >= 0.6 is 0 Å². The van der Waals surface area contributed by atoms with Crippen LogP contribution in [0.15, 0.2) is 0 Å². The van der Waals surface area contributed by atoms with E-state index >= 15 is 0 Å². The van der Waals surface area contributed by atoms with Gasteiger partial charge in [-0.05, 0) is 38.0 Å². The lowest BCUT2D eigenvalue weighted by Gasteiger charge is -2.26. The fraction of sp³-hybridized carbons (Fsp3) is 0.882. The fourth-order valence-corrected chi connectivity index (χ4v) is 3.52. The van der Waals surface area contributed by atoms with Gasteiger partial charge in [0.2, 0.25) is 11.8 Å². The normalized spacial score (nSPS) is 18.7. The molecule has 0 aromatic rings. The lowest BCUT2D eigenvalue weighted by atomic mass is 9.80. The van der Waals surface area contributed by atoms with Crippen molar-refractivity contribution in [2.75, 3.05) is 6.54 Å². The third kappa shape index (κ3) is 6.06. The lowest BCUT2D eigenvalue weighted by molar-refractivity contribution is -0.134. The number of hydrogen-bond donors (Lipinski definition) is 2. The van der Waals surface area contributed by atoms with E-state index in [0.717, 1.165) is 25.2 Å². The summed E-state index contributed by atoms with van der Waals surface area (Å²) >= 11 is 0. The molecule has 1 rings (SSSR count). The first kappa shape index (κ1) is 18.0. The summed E-state index contributed by atoms with van der Waals surface area (Å²) in [7, 11) is 0. The summed E-state index contributed by atoms with van der Waals surface area (Å²) in [6.07, 6.45) is 7.65. The summed E-state index contributed by atoms with van der Waals surface area (Å²) in [5, 5.41) is 2.87. The van der Waals surface area contributed by atoms with E-state index in [1.54, 1.807) is 0 Å². The molecule has 0 radical (unpaired) electrons. The Hall–Kier alpha value is -1.06. The maximum absolute atomic E-state index is 12.3. The molecular formula is C17H32N2O2. The molecule has 0 spiro atoms. The van der Waals surface area contributed by atoms with Gasteiger partial charge in [0.15, 0.2) is 0 Å². The molecule has 21 heavy (non-hydrogen) atoms. The SMILES string of the molecule is CCNC(=O)[C@H](CC(C)C)[C@H](CCC1CCCC1)C(N)=O. The molecule has 0 heterocycles. The van der Waals surface area contributed by atoms with Gasteiger partial charge in [0, 0.05) is 18.4 Å². The van der Waals surface area contributed by atoms with Crippen LogP contribution < -0.4 is 11.1 Å². The van der Waals surface area contributed by atoms with Crippen LogP contribution in [0.4, 0.5) is 0 Å². The van der Waals surface area contributed by atoms with E-state index in [9.17, 15) is 9.59 Å². The Morgan fingerprint density at radius 1 is 1.19 bits per heavy atom. The van der Waals surface area contributed by atoms with Crippen LogP contribution in [0.5, 0.6) is 0 Å². The molecule has 0 aliphatic heterocycles. The number of hydrogen-bond acceptors (Lipinski definition) is 2. The third-order valence-electron chi connectivity index (χ3n) is 4.62. The van der Waals surface area contributed by atoms with E-state index in [4.69, 9.17) is 5.73 Å². The summed E-state index contributed by atoms with van der Waals surface area (Å²) in [5.74, 6) is 0.182. The van der Waals surface area contributed by atoms with E-state index in [-0.39, 0.29) is 23.7 Å². The Labute approximate surface area is 129 Å². The quantitative estimate of drug-likeness (QED) is 0.686. The van der Waals surface area contributed by atoms with Crippen molar-refractivity contribution in [1.82, 2.24) is 5.32 Å². The van der Waals surface area contributed by atoms with Gasteiger partial charge < -0.3 is 11.1 Å². The monoisotopic (exact) mass is 296 g/mol. The lowest BCUT2D eigenvalue weighted by Crippen LogP contribution is -2.41. The second-order valence-electron chi connectivity index (χ2n) is 6.87. The van der Waals surface area contributed by atoms with E-state index in [0.29, 0.717) is 12.5 Å². The van der Waals surface area contributed by atoms with Crippen LogP contribution in [0.1, 0.15) is 65.7 Å². The summed E-state index contributed by atoms with van der Waals surface area (Å²) in [6.45, 7) is 6.67. The van der Waals surface area contributed by atoms with Gasteiger partial charge in [0.25, 0.3) is 0 Å². The van der Waals surface area contributed by atoms with Crippen molar-refractivity contribution in [2.24, 2.45) is 29.4 Å². The largest absolute Gasteiger partial charge is 0.369 e. The first-order valence-corrected chi connectivity index (χ1v) is 8.52. The van der Waals surface area contributed by atoms with E-state index in [1.807, 2.05) is 6.92 Å². The van der Waals surface area contributed by atoms with Gasteiger partial charge in [0.1, 0.15) is 0 Å². The molecule has 1 aliphatic carbocycles. The standard InChI is InChI=1S/C17H32N2O2/c1-4-19-17(21)15(11-12(2)3)14(16(18)20)10-9-13-7-5-6-8-13/h12-15H,4-11H2,1-3H3,(H2,18,20)(H,19,21)/t14-,15+/m0/s1. The van der Waals surface area contributed by atoms with Crippen LogP contribution in [0.2, 0.25) is 0 Å². The number of carbonyl (C=O) groups is 2. The second-order valence-corrected chi connectivity index (χ2v) is 6.87. The minimum Gasteiger partial charge on any atom is -0.369 e. The summed E-state index contributed by atoms with van der Waals surface area (Å²) in [4.78, 5) is 24.2. The molecule has 2 amide bonds. The Bertz CT molecular complexity index is 336. The topological polar surface area (TPSA) is 72.2 Å². The van der Waals surface area contributed by atoms with E-state index in [1.165, 1.54) is 25.7 Å². The molecule has 1 aliphatic rings. The van der Waals surface area contributed by atoms with Crippen molar-refractivity contribution in [1.29, 1.82) is 0 Å². The minimum atomic E-state index is -0.320. The van der Waals surface area contributed by atoms with Gasteiger partial charge in [-0.15, -0.1) is 0 Å². The number of amides is 2. The zero-order valence-corrected chi connectivity index (χ0v) is 13.9. The van der Waals surface area contributed by atoms with Crippen LogP contribution in [-0.4, -0.2) is 18.4 Å². The first-order chi connectivity index (χ1) is 9.95. The average Bonchev–Trinajstić information content (AvgIpc) is 2.90. The molecule has 0 unspecified atom stereocenters. The van der Waals surface area contributed by atoms with Gasteiger partial charge in [-0.25, -0.2) is 0 Å². The van der Waals surface area contributed by atoms with Crippen molar-refractivity contribution in [3.05, 3.63) is 0 Å². The maximum Gasteiger partial charge on any atom is 0.223 e. The van der Waals surface area contributed by atoms with Crippen molar-refractivity contribution < 1.29 is 9.59 Å². The Morgan fingerprint density at radius 3 is 2.29 bits per heavy atom. The van der Waals surface area contributed by atoms with Gasteiger partial charge in [-0.3, -0.25) is 9.59 Å². The van der Waals surface area contributed by atoms with Crippen molar-refractivity contribution in [2.45, 2.75) is 65.7 Å². The summed E-state index contributed by atoms with van der Waals surface area (Å²) in [5.41, 5.74) is 5.61. The highest BCUT2D eigenvalue weighted by Gasteiger charge is 2.33. The fourth-order valence-electron chi connectivity index (χ4n) is 3.52. The number of nitrogens with two attached hydrogens (primary N) is 1. The predicted molar refractivity (Wildman–Crippen MR) is 85.5 cm³/mol. The zero-order valence-electron chi connectivity index (χ0n) is 13.9. The van der Waals surface area contributed by atoms with E-state index in [2.05, 4.69) is 19.2 Å². The van der Waals surface area contributed by atoms with Crippen molar-refractivity contribution in [3.8, 4) is 0 Å².